The third-order valence-corrected chi connectivity index (χ3v) is 11.3. The number of nitrogens with zero attached hydrogens (tertiary/aromatic N) is 7. The molecule has 3 aromatic heterocycles. The Morgan fingerprint density at radius 3 is 2.53 bits per heavy atom. The summed E-state index contributed by atoms with van der Waals surface area (Å²) < 4.78 is 16.1. The highest BCUT2D eigenvalue weighted by Gasteiger charge is 2.31. The van der Waals surface area contributed by atoms with Crippen molar-refractivity contribution < 1.29 is 24.2 Å². The first-order valence-corrected chi connectivity index (χ1v) is 20.1. The third kappa shape index (κ3) is 9.19. The summed E-state index contributed by atoms with van der Waals surface area (Å²) in [5, 5.41) is 28.0. The van der Waals surface area contributed by atoms with Gasteiger partial charge in [-0.1, -0.05) is 56.6 Å². The summed E-state index contributed by atoms with van der Waals surface area (Å²) in [6, 6.07) is 20.0. The number of hydrogen-bond acceptors (Lipinski definition) is 9. The van der Waals surface area contributed by atoms with Gasteiger partial charge in [0.2, 0.25) is 5.95 Å². The van der Waals surface area contributed by atoms with Crippen LogP contribution in [0.4, 0.5) is 16.6 Å². The Balaban J connectivity index is 0.00000160. The van der Waals surface area contributed by atoms with Crippen LogP contribution in [0.3, 0.4) is 0 Å². The van der Waals surface area contributed by atoms with Crippen LogP contribution in [0.5, 0.6) is 5.75 Å². The number of piperidine rings is 1. The van der Waals surface area contributed by atoms with Gasteiger partial charge in [-0.15, -0.1) is 10.2 Å². The van der Waals surface area contributed by atoms with Crippen molar-refractivity contribution in [2.45, 2.75) is 89.9 Å². The van der Waals surface area contributed by atoms with E-state index in [-0.39, 0.29) is 30.1 Å². The number of ether oxygens (including phenoxy) is 2. The lowest BCUT2D eigenvalue weighted by Crippen LogP contribution is -2.38. The van der Waals surface area contributed by atoms with E-state index in [1.54, 1.807) is 0 Å². The monoisotopic (exact) mass is 797 g/mol. The molecule has 15 heteroatoms. The summed E-state index contributed by atoms with van der Waals surface area (Å²) in [6.45, 7) is 13.2. The molecule has 3 atom stereocenters. The van der Waals surface area contributed by atoms with Crippen molar-refractivity contribution in [2.75, 3.05) is 43.1 Å². The number of rotatable bonds is 8. The van der Waals surface area contributed by atoms with E-state index in [9.17, 15) is 4.79 Å². The standard InChI is InChI=1S/C41H50ClN9O3.CH2O2/c1-27-9-7-8-18-49(27)40-46-45-37-17-13-30(26-50(37)40)54-35-16-15-34(31-10-5-6-11-32(31)35)43-39(52)44-38-24-36(41(2,3)4)47-51(38)29-12-14-33(42)28(23-29)25-48-19-21-53-22-20-48;2-1-3/h5-6,10-14,17,23-24,26-27,34-35H,7-9,15-16,18-22,25H2,1-4H3,(H2,43,44,52);1H,(H,2,3)/t27?,34-,35+;/m0./s1. The van der Waals surface area contributed by atoms with Gasteiger partial charge < -0.3 is 24.8 Å². The zero-order valence-corrected chi connectivity index (χ0v) is 33.8. The molecule has 3 aliphatic rings. The summed E-state index contributed by atoms with van der Waals surface area (Å²) in [7, 11) is 0. The first kappa shape index (κ1) is 40.0. The summed E-state index contributed by atoms with van der Waals surface area (Å²) in [4.78, 5) is 26.9. The maximum atomic E-state index is 13.8. The first-order chi connectivity index (χ1) is 27.5. The molecule has 0 saturated carbocycles. The topological polar surface area (TPSA) is 151 Å². The smallest absolute Gasteiger partial charge is 0.320 e. The van der Waals surface area contributed by atoms with Crippen LogP contribution in [-0.2, 0) is 21.5 Å². The van der Waals surface area contributed by atoms with Crippen LogP contribution in [-0.4, -0.2) is 85.8 Å². The number of carboxylic acid groups (broad SMARTS) is 1. The molecule has 2 aliphatic heterocycles. The number of halogens is 1. The van der Waals surface area contributed by atoms with E-state index in [1.165, 1.54) is 6.42 Å². The summed E-state index contributed by atoms with van der Waals surface area (Å²) in [6.07, 6.45) is 6.84. The molecule has 1 aliphatic carbocycles. The molecule has 1 unspecified atom stereocenters. The number of pyridine rings is 1. The molecule has 0 spiro atoms. The highest BCUT2D eigenvalue weighted by Crippen LogP contribution is 2.39. The van der Waals surface area contributed by atoms with Crippen LogP contribution in [0.15, 0.2) is 66.9 Å². The number of benzene rings is 2. The zero-order chi connectivity index (χ0) is 40.1. The lowest BCUT2D eigenvalue weighted by molar-refractivity contribution is -0.122. The van der Waals surface area contributed by atoms with Crippen molar-refractivity contribution in [3.8, 4) is 11.4 Å². The minimum Gasteiger partial charge on any atom is -0.484 e. The van der Waals surface area contributed by atoms with E-state index >= 15 is 0 Å². The Bertz CT molecular complexity index is 2180. The van der Waals surface area contributed by atoms with Gasteiger partial charge >= 0.3 is 6.03 Å². The Hall–Kier alpha value is -5.18. The van der Waals surface area contributed by atoms with Gasteiger partial charge in [-0.05, 0) is 86.1 Å². The number of amides is 2. The largest absolute Gasteiger partial charge is 0.484 e. The molecular weight excluding hydrogens is 746 g/mol. The lowest BCUT2D eigenvalue weighted by atomic mass is 9.85. The summed E-state index contributed by atoms with van der Waals surface area (Å²) >= 11 is 6.68. The fourth-order valence-electron chi connectivity index (χ4n) is 7.87. The molecule has 5 aromatic rings. The molecule has 2 saturated heterocycles. The number of carbonyl (C=O) groups is 2. The van der Waals surface area contributed by atoms with Gasteiger partial charge in [-0.25, -0.2) is 9.48 Å². The van der Waals surface area contributed by atoms with Crippen molar-refractivity contribution in [1.29, 1.82) is 0 Å². The van der Waals surface area contributed by atoms with Crippen LogP contribution < -0.4 is 20.3 Å². The minimum atomic E-state index is -0.296. The quantitative estimate of drug-likeness (QED) is 0.134. The van der Waals surface area contributed by atoms with Crippen LogP contribution >= 0.6 is 11.6 Å². The first-order valence-electron chi connectivity index (χ1n) is 19.7. The van der Waals surface area contributed by atoms with Crippen molar-refractivity contribution in [3.63, 3.8) is 0 Å². The van der Waals surface area contributed by atoms with Gasteiger partial charge in [0.15, 0.2) is 5.65 Å². The highest BCUT2D eigenvalue weighted by atomic mass is 35.5. The second-order valence-electron chi connectivity index (χ2n) is 15.9. The predicted octanol–water partition coefficient (Wildman–Crippen LogP) is 7.55. The van der Waals surface area contributed by atoms with Gasteiger partial charge in [0, 0.05) is 48.7 Å². The predicted molar refractivity (Wildman–Crippen MR) is 220 cm³/mol. The van der Waals surface area contributed by atoms with E-state index in [2.05, 4.69) is 76.5 Å². The van der Waals surface area contributed by atoms with E-state index < -0.39 is 0 Å². The second kappa shape index (κ2) is 17.5. The molecule has 5 heterocycles. The molecule has 14 nitrogen and oxygen atoms in total. The normalized spacial score (nSPS) is 19.9. The maximum Gasteiger partial charge on any atom is 0.320 e. The van der Waals surface area contributed by atoms with Crippen molar-refractivity contribution >= 4 is 41.5 Å². The Morgan fingerprint density at radius 1 is 1.00 bits per heavy atom. The number of anilines is 2. The molecule has 302 valence electrons. The molecule has 2 fully saturated rings. The zero-order valence-electron chi connectivity index (χ0n) is 33.0. The number of nitrogens with one attached hydrogen (secondary N) is 2. The summed E-state index contributed by atoms with van der Waals surface area (Å²) in [5.41, 5.74) is 5.39. The van der Waals surface area contributed by atoms with Crippen LogP contribution in [0, 0.1) is 0 Å². The molecular formula is C42H52ClN9O5. The van der Waals surface area contributed by atoms with Crippen molar-refractivity contribution in [2.24, 2.45) is 0 Å². The Morgan fingerprint density at radius 2 is 1.77 bits per heavy atom. The second-order valence-corrected chi connectivity index (χ2v) is 16.3. The maximum absolute atomic E-state index is 13.8. The van der Waals surface area contributed by atoms with Crippen LogP contribution in [0.1, 0.15) is 94.3 Å². The molecule has 57 heavy (non-hydrogen) atoms. The number of hydrogen-bond donors (Lipinski definition) is 3. The van der Waals surface area contributed by atoms with Crippen molar-refractivity contribution in [3.05, 3.63) is 94.3 Å². The molecule has 2 amide bonds. The number of morpholine rings is 1. The van der Waals surface area contributed by atoms with Gasteiger partial charge in [0.25, 0.3) is 6.47 Å². The molecule has 2 aromatic carbocycles. The molecule has 0 radical (unpaired) electrons. The average Bonchev–Trinajstić information content (AvgIpc) is 3.82. The van der Waals surface area contributed by atoms with Crippen LogP contribution in [0.2, 0.25) is 5.02 Å². The van der Waals surface area contributed by atoms with E-state index in [0.29, 0.717) is 36.6 Å². The van der Waals surface area contributed by atoms with Gasteiger partial charge in [-0.3, -0.25) is 19.4 Å². The van der Waals surface area contributed by atoms with E-state index in [1.807, 2.05) is 57.7 Å². The van der Waals surface area contributed by atoms with Gasteiger partial charge in [0.05, 0.1) is 36.8 Å². The molecule has 3 N–H and O–H groups in total. The molecule has 0 bridgehead atoms. The minimum absolute atomic E-state index is 0.166. The third-order valence-electron chi connectivity index (χ3n) is 10.9. The van der Waals surface area contributed by atoms with Crippen molar-refractivity contribution in [1.82, 2.24) is 34.6 Å². The number of aromatic nitrogens is 5. The number of carbonyl (C=O) groups excluding carboxylic acids is 1. The fraction of sp³-hybridized carbons (Fsp3) is 0.452. The Labute approximate surface area is 338 Å². The average molecular weight is 798 g/mol. The highest BCUT2D eigenvalue weighted by molar-refractivity contribution is 6.31. The SMILES string of the molecule is CC1CCCCN1c1nnc2ccc(O[C@@H]3CC[C@H](NC(=O)Nc4cc(C(C)(C)C)nn4-c4ccc(Cl)c(CN5CCOCC5)c4)c4ccccc43)cn12.O=CO. The summed E-state index contributed by atoms with van der Waals surface area (Å²) in [5.74, 6) is 2.21. The lowest BCUT2D eigenvalue weighted by Gasteiger charge is -2.33. The van der Waals surface area contributed by atoms with E-state index in [0.717, 1.165) is 90.7 Å². The Kier molecular flexibility index (Phi) is 12.3. The van der Waals surface area contributed by atoms with Gasteiger partial charge in [0.1, 0.15) is 17.7 Å². The fourth-order valence-corrected chi connectivity index (χ4v) is 8.04. The molecule has 8 rings (SSSR count). The number of fused-ring (bicyclic) bond motifs is 2. The van der Waals surface area contributed by atoms with E-state index in [4.69, 9.17) is 36.1 Å². The van der Waals surface area contributed by atoms with Crippen LogP contribution in [0.25, 0.3) is 11.3 Å². The van der Waals surface area contributed by atoms with Gasteiger partial charge in [-0.2, -0.15) is 5.10 Å². The number of urea groups is 1.